The highest BCUT2D eigenvalue weighted by atomic mass is 16.2. The van der Waals surface area contributed by atoms with Crippen molar-refractivity contribution in [1.82, 2.24) is 14.9 Å². The zero-order valence-electron chi connectivity index (χ0n) is 17.0. The van der Waals surface area contributed by atoms with Crippen molar-refractivity contribution in [1.29, 1.82) is 0 Å². The van der Waals surface area contributed by atoms with Gasteiger partial charge in [0, 0.05) is 56.1 Å². The van der Waals surface area contributed by atoms with Crippen LogP contribution in [0.4, 0.5) is 11.5 Å². The first-order valence-corrected chi connectivity index (χ1v) is 10.2. The Balaban J connectivity index is 1.40. The van der Waals surface area contributed by atoms with E-state index >= 15 is 0 Å². The molecule has 6 nitrogen and oxygen atoms in total. The first-order valence-electron chi connectivity index (χ1n) is 10.2. The molecule has 1 unspecified atom stereocenters. The van der Waals surface area contributed by atoms with Crippen LogP contribution in [0.15, 0.2) is 36.4 Å². The van der Waals surface area contributed by atoms with E-state index in [1.54, 1.807) is 0 Å². The van der Waals surface area contributed by atoms with E-state index in [4.69, 9.17) is 4.98 Å². The summed E-state index contributed by atoms with van der Waals surface area (Å²) in [4.78, 5) is 28.9. The summed E-state index contributed by atoms with van der Waals surface area (Å²) in [5.41, 5.74) is 2.02. The highest BCUT2D eigenvalue weighted by Gasteiger charge is 2.37. The topological polar surface area (TPSA) is 52.6 Å². The number of anilines is 2. The fourth-order valence-corrected chi connectivity index (χ4v) is 4.13. The second-order valence-electron chi connectivity index (χ2n) is 8.03. The summed E-state index contributed by atoms with van der Waals surface area (Å²) < 4.78 is 0. The van der Waals surface area contributed by atoms with Gasteiger partial charge in [0.15, 0.2) is 0 Å². The van der Waals surface area contributed by atoms with Gasteiger partial charge in [0.25, 0.3) is 0 Å². The molecule has 28 heavy (non-hydrogen) atoms. The minimum absolute atomic E-state index is 0.000663. The second-order valence-corrected chi connectivity index (χ2v) is 8.03. The van der Waals surface area contributed by atoms with E-state index in [1.165, 1.54) is 0 Å². The quantitative estimate of drug-likeness (QED) is 0.818. The molecule has 2 saturated heterocycles. The third kappa shape index (κ3) is 3.74. The highest BCUT2D eigenvalue weighted by Crippen LogP contribution is 2.26. The number of rotatable bonds is 4. The average Bonchev–Trinajstić information content (AvgIpc) is 3.09. The van der Waals surface area contributed by atoms with Crippen molar-refractivity contribution in [3.05, 3.63) is 47.9 Å². The molecular formula is C22H29N5O. The van der Waals surface area contributed by atoms with Gasteiger partial charge in [-0.25, -0.2) is 9.97 Å². The van der Waals surface area contributed by atoms with E-state index in [-0.39, 0.29) is 11.9 Å². The summed E-state index contributed by atoms with van der Waals surface area (Å²) in [6.07, 6.45) is 0.901. The van der Waals surface area contributed by atoms with Crippen LogP contribution in [0.3, 0.4) is 0 Å². The fourth-order valence-electron chi connectivity index (χ4n) is 4.13. The zero-order chi connectivity index (χ0) is 19.7. The van der Waals surface area contributed by atoms with Gasteiger partial charge in [0.1, 0.15) is 11.6 Å². The smallest absolute Gasteiger partial charge is 0.244 e. The molecule has 1 atom stereocenters. The maximum absolute atomic E-state index is 13.0. The Morgan fingerprint density at radius 2 is 1.71 bits per heavy atom. The van der Waals surface area contributed by atoms with Crippen LogP contribution >= 0.6 is 0 Å². The van der Waals surface area contributed by atoms with Gasteiger partial charge < -0.3 is 9.80 Å². The molecule has 148 valence electrons. The molecule has 0 bridgehead atoms. The van der Waals surface area contributed by atoms with E-state index in [0.29, 0.717) is 5.92 Å². The number of nitrogens with zero attached hydrogens (tertiary/aromatic N) is 5. The van der Waals surface area contributed by atoms with Crippen LogP contribution in [0, 0.1) is 6.92 Å². The van der Waals surface area contributed by atoms with Crippen molar-refractivity contribution in [2.45, 2.75) is 39.2 Å². The van der Waals surface area contributed by atoms with Crippen molar-refractivity contribution in [3.8, 4) is 0 Å². The lowest BCUT2D eigenvalue weighted by Crippen LogP contribution is -2.52. The van der Waals surface area contributed by atoms with E-state index < -0.39 is 0 Å². The highest BCUT2D eigenvalue weighted by molar-refractivity contribution is 5.99. The molecule has 0 spiro atoms. The standard InChI is InChI=1S/C22H29N5O/c1-16(2)21-23-17(3)15-20(24-21)26-13-11-25(12-14-26)19-9-10-27(22(19)28)18-7-5-4-6-8-18/h4-8,15-16,19H,9-14H2,1-3H3. The van der Waals surface area contributed by atoms with Gasteiger partial charge in [-0.3, -0.25) is 9.69 Å². The summed E-state index contributed by atoms with van der Waals surface area (Å²) in [7, 11) is 0. The molecule has 0 aliphatic carbocycles. The Kier molecular flexibility index (Phi) is 5.31. The summed E-state index contributed by atoms with van der Waals surface area (Å²) in [6, 6.07) is 12.1. The number of piperazine rings is 1. The van der Waals surface area contributed by atoms with Gasteiger partial charge in [-0.1, -0.05) is 32.0 Å². The maximum Gasteiger partial charge on any atom is 0.244 e. The van der Waals surface area contributed by atoms with Gasteiger partial charge >= 0.3 is 0 Å². The molecule has 2 aliphatic rings. The van der Waals surface area contributed by atoms with Crippen molar-refractivity contribution >= 4 is 17.4 Å². The minimum Gasteiger partial charge on any atom is -0.354 e. The summed E-state index contributed by atoms with van der Waals surface area (Å²) >= 11 is 0. The summed E-state index contributed by atoms with van der Waals surface area (Å²) in [6.45, 7) is 10.6. The first-order chi connectivity index (χ1) is 13.5. The van der Waals surface area contributed by atoms with Crippen molar-refractivity contribution < 1.29 is 4.79 Å². The zero-order valence-corrected chi connectivity index (χ0v) is 17.0. The average molecular weight is 380 g/mol. The molecule has 4 rings (SSSR count). The third-order valence-corrected chi connectivity index (χ3v) is 5.70. The lowest BCUT2D eigenvalue weighted by Gasteiger charge is -2.38. The maximum atomic E-state index is 13.0. The lowest BCUT2D eigenvalue weighted by molar-refractivity contribution is -0.121. The van der Waals surface area contributed by atoms with Crippen LogP contribution in [0.2, 0.25) is 0 Å². The Morgan fingerprint density at radius 1 is 1.00 bits per heavy atom. The molecule has 1 amide bonds. The Morgan fingerprint density at radius 3 is 2.39 bits per heavy atom. The minimum atomic E-state index is 0.000663. The number of benzene rings is 1. The molecule has 6 heteroatoms. The molecule has 0 saturated carbocycles. The summed E-state index contributed by atoms with van der Waals surface area (Å²) in [5.74, 6) is 2.47. The molecule has 0 N–H and O–H groups in total. The van der Waals surface area contributed by atoms with E-state index in [0.717, 1.165) is 62.2 Å². The number of amides is 1. The Bertz CT molecular complexity index is 830. The van der Waals surface area contributed by atoms with E-state index in [9.17, 15) is 4.79 Å². The predicted octanol–water partition coefficient (Wildman–Crippen LogP) is 2.84. The number of aromatic nitrogens is 2. The van der Waals surface area contributed by atoms with Crippen molar-refractivity contribution in [2.75, 3.05) is 42.5 Å². The van der Waals surface area contributed by atoms with Crippen LogP contribution in [0.5, 0.6) is 0 Å². The normalized spacial score (nSPS) is 21.0. The monoisotopic (exact) mass is 379 g/mol. The number of carbonyl (C=O) groups excluding carboxylic acids is 1. The van der Waals surface area contributed by atoms with Gasteiger partial charge in [-0.05, 0) is 25.5 Å². The molecule has 0 radical (unpaired) electrons. The van der Waals surface area contributed by atoms with Crippen molar-refractivity contribution in [3.63, 3.8) is 0 Å². The molecule has 3 heterocycles. The van der Waals surface area contributed by atoms with Crippen LogP contribution < -0.4 is 9.80 Å². The molecule has 1 aromatic heterocycles. The lowest BCUT2D eigenvalue weighted by atomic mass is 10.1. The van der Waals surface area contributed by atoms with Crippen LogP contribution in [-0.2, 0) is 4.79 Å². The number of hydrogen-bond donors (Lipinski definition) is 0. The van der Waals surface area contributed by atoms with Gasteiger partial charge in [-0.15, -0.1) is 0 Å². The number of hydrogen-bond acceptors (Lipinski definition) is 5. The molecule has 2 aliphatic heterocycles. The second kappa shape index (κ2) is 7.87. The number of para-hydroxylation sites is 1. The molecule has 2 aromatic rings. The molecular weight excluding hydrogens is 350 g/mol. The number of carbonyl (C=O) groups is 1. The molecule has 1 aromatic carbocycles. The SMILES string of the molecule is Cc1cc(N2CCN(C3CCN(c4ccccc4)C3=O)CC2)nc(C(C)C)n1. The third-order valence-electron chi connectivity index (χ3n) is 5.70. The predicted molar refractivity (Wildman–Crippen MR) is 112 cm³/mol. The van der Waals surface area contributed by atoms with Crippen LogP contribution in [-0.4, -0.2) is 59.5 Å². The van der Waals surface area contributed by atoms with Gasteiger partial charge in [0.05, 0.1) is 6.04 Å². The van der Waals surface area contributed by atoms with Crippen LogP contribution in [0.1, 0.15) is 37.7 Å². The largest absolute Gasteiger partial charge is 0.354 e. The van der Waals surface area contributed by atoms with Crippen molar-refractivity contribution in [2.24, 2.45) is 0 Å². The van der Waals surface area contributed by atoms with E-state index in [2.05, 4.69) is 34.7 Å². The first kappa shape index (κ1) is 18.9. The fraction of sp³-hybridized carbons (Fsp3) is 0.500. The van der Waals surface area contributed by atoms with Crippen LogP contribution in [0.25, 0.3) is 0 Å². The van der Waals surface area contributed by atoms with E-state index in [1.807, 2.05) is 42.2 Å². The summed E-state index contributed by atoms with van der Waals surface area (Å²) in [5, 5.41) is 0. The Hall–Kier alpha value is -2.47. The Labute approximate surface area is 167 Å². The van der Waals surface area contributed by atoms with Gasteiger partial charge in [0.2, 0.25) is 5.91 Å². The van der Waals surface area contributed by atoms with Gasteiger partial charge in [-0.2, -0.15) is 0 Å². The number of aryl methyl sites for hydroxylation is 1. The molecule has 2 fully saturated rings.